The number of benzene rings is 4. The second-order valence-corrected chi connectivity index (χ2v) is 12.7. The van der Waals surface area contributed by atoms with E-state index in [0.29, 0.717) is 5.92 Å². The van der Waals surface area contributed by atoms with E-state index in [-0.39, 0.29) is 0 Å². The lowest BCUT2D eigenvalue weighted by Crippen LogP contribution is -2.29. The number of hydrogen-bond acceptors (Lipinski definition) is 1. The molecule has 234 valence electrons. The van der Waals surface area contributed by atoms with E-state index in [9.17, 15) is 0 Å². The van der Waals surface area contributed by atoms with Crippen molar-refractivity contribution < 1.29 is 0 Å². The van der Waals surface area contributed by atoms with E-state index < -0.39 is 0 Å². The maximum atomic E-state index is 4.72. The summed E-state index contributed by atoms with van der Waals surface area (Å²) in [5.41, 5.74) is 11.5. The number of rotatable bonds is 8. The number of hydrogen-bond donors (Lipinski definition) is 0. The van der Waals surface area contributed by atoms with Gasteiger partial charge >= 0.3 is 0 Å². The Bertz CT molecular complexity index is 2330. The number of anilines is 1. The molecule has 0 amide bonds. The molecule has 48 heavy (non-hydrogen) atoms. The minimum absolute atomic E-state index is 0.437. The molecule has 4 aromatic carbocycles. The normalized spacial score (nSPS) is 15.9. The van der Waals surface area contributed by atoms with Crippen LogP contribution >= 0.6 is 0 Å². The van der Waals surface area contributed by atoms with Crippen LogP contribution in [0.3, 0.4) is 0 Å². The summed E-state index contributed by atoms with van der Waals surface area (Å²) in [6, 6.07) is 34.6. The molecule has 0 aliphatic heterocycles. The Kier molecular flexibility index (Phi) is 7.66. The molecular weight excluding hydrogens is 583 g/mol. The molecular formula is C45H39N3. The second-order valence-electron chi connectivity index (χ2n) is 12.7. The molecule has 3 heteroatoms. The van der Waals surface area contributed by atoms with Crippen LogP contribution in [0.5, 0.6) is 0 Å². The third-order valence-electron chi connectivity index (χ3n) is 9.76. The summed E-state index contributed by atoms with van der Waals surface area (Å²) < 4.78 is 4.64. The SMILES string of the molecule is C=C/C(=C\C(=C)n1c2c(c3ccccc31)C=CCC(N(CC1C=CC=CC1)c1ccccc1C)=C2)n1c2ccccc2c2ccccc21. The van der Waals surface area contributed by atoms with Gasteiger partial charge in [-0.05, 0) is 67.3 Å². The fraction of sp³-hybridized carbons (Fsp3) is 0.111. The molecule has 0 N–H and O–H groups in total. The second kappa shape index (κ2) is 12.4. The zero-order valence-corrected chi connectivity index (χ0v) is 27.4. The Morgan fingerprint density at radius 3 is 2.10 bits per heavy atom. The van der Waals surface area contributed by atoms with Crippen LogP contribution in [0.15, 0.2) is 158 Å². The van der Waals surface area contributed by atoms with Crippen LogP contribution in [0.4, 0.5) is 5.69 Å². The van der Waals surface area contributed by atoms with Gasteiger partial charge in [0.2, 0.25) is 0 Å². The van der Waals surface area contributed by atoms with Crippen LogP contribution < -0.4 is 4.90 Å². The highest BCUT2D eigenvalue weighted by Gasteiger charge is 2.23. The number of aromatic nitrogens is 2. The van der Waals surface area contributed by atoms with Gasteiger partial charge in [0.05, 0.1) is 22.2 Å². The number of para-hydroxylation sites is 4. The Morgan fingerprint density at radius 1 is 0.792 bits per heavy atom. The lowest BCUT2D eigenvalue weighted by atomic mass is 9.98. The Labute approximate surface area is 282 Å². The minimum Gasteiger partial charge on any atom is -0.344 e. The van der Waals surface area contributed by atoms with Crippen molar-refractivity contribution in [1.29, 1.82) is 0 Å². The van der Waals surface area contributed by atoms with E-state index in [1.165, 1.54) is 38.7 Å². The molecule has 0 spiro atoms. The highest BCUT2D eigenvalue weighted by molar-refractivity contribution is 6.10. The van der Waals surface area contributed by atoms with E-state index in [2.05, 4.69) is 173 Å². The third kappa shape index (κ3) is 5.09. The van der Waals surface area contributed by atoms with Crippen LogP contribution in [-0.2, 0) is 0 Å². The zero-order chi connectivity index (χ0) is 32.6. The fourth-order valence-electron chi connectivity index (χ4n) is 7.50. The van der Waals surface area contributed by atoms with Crippen molar-refractivity contribution in [3.05, 3.63) is 175 Å². The quantitative estimate of drug-likeness (QED) is 0.154. The van der Waals surface area contributed by atoms with Crippen molar-refractivity contribution in [2.24, 2.45) is 5.92 Å². The topological polar surface area (TPSA) is 13.1 Å². The average molecular weight is 622 g/mol. The minimum atomic E-state index is 0.437. The van der Waals surface area contributed by atoms with E-state index in [4.69, 9.17) is 6.58 Å². The van der Waals surface area contributed by atoms with Gasteiger partial charge < -0.3 is 14.0 Å². The highest BCUT2D eigenvalue weighted by atomic mass is 15.1. The monoisotopic (exact) mass is 621 g/mol. The standard InChI is InChI=1S/C45H39N3/c1-4-35(48-43-27-14-10-21-37(43)38-22-11-15-28-44(38)48)29-33(3)47-42-26-13-9-23-39(42)40-24-16-20-36(30-45(40)47)46(31-34-18-6-5-7-19-34)41-25-12-8-17-32(41)2/h4-18,21-30,34H,1,3,19-20,31H2,2H3/b35-29+. The lowest BCUT2D eigenvalue weighted by molar-refractivity contribution is 0.642. The van der Waals surface area contributed by atoms with Crippen molar-refractivity contribution in [3.63, 3.8) is 0 Å². The summed E-state index contributed by atoms with van der Waals surface area (Å²) in [7, 11) is 0. The van der Waals surface area contributed by atoms with E-state index in [0.717, 1.165) is 53.0 Å². The third-order valence-corrected chi connectivity index (χ3v) is 9.76. The van der Waals surface area contributed by atoms with Crippen LogP contribution in [0.1, 0.15) is 29.7 Å². The van der Waals surface area contributed by atoms with E-state index in [1.54, 1.807) is 0 Å². The van der Waals surface area contributed by atoms with Crippen LogP contribution in [0.25, 0.3) is 56.3 Å². The smallest absolute Gasteiger partial charge is 0.0558 e. The number of nitrogens with zero attached hydrogens (tertiary/aromatic N) is 3. The molecule has 0 fully saturated rings. The first-order chi connectivity index (χ1) is 23.6. The molecule has 6 aromatic rings. The van der Waals surface area contributed by atoms with Gasteiger partial charge in [-0.15, -0.1) is 0 Å². The van der Waals surface area contributed by atoms with Gasteiger partial charge in [0, 0.05) is 57.5 Å². The Morgan fingerprint density at radius 2 is 1.44 bits per heavy atom. The molecule has 0 saturated heterocycles. The summed E-state index contributed by atoms with van der Waals surface area (Å²) >= 11 is 0. The highest BCUT2D eigenvalue weighted by Crippen LogP contribution is 2.38. The molecule has 0 bridgehead atoms. The number of fused-ring (bicyclic) bond motifs is 6. The van der Waals surface area contributed by atoms with Crippen molar-refractivity contribution in [2.75, 3.05) is 11.4 Å². The van der Waals surface area contributed by atoms with Gasteiger partial charge in [0.15, 0.2) is 0 Å². The predicted octanol–water partition coefficient (Wildman–Crippen LogP) is 11.7. The molecule has 2 aliphatic carbocycles. The van der Waals surface area contributed by atoms with Crippen molar-refractivity contribution in [3.8, 4) is 0 Å². The first-order valence-corrected chi connectivity index (χ1v) is 16.8. The summed E-state index contributed by atoms with van der Waals surface area (Å²) in [5, 5.41) is 3.67. The van der Waals surface area contributed by atoms with Gasteiger partial charge in [0.25, 0.3) is 0 Å². The summed E-state index contributed by atoms with van der Waals surface area (Å²) in [4.78, 5) is 2.54. The summed E-state index contributed by atoms with van der Waals surface area (Å²) in [5.74, 6) is 0.437. The maximum absolute atomic E-state index is 4.72. The van der Waals surface area contributed by atoms with E-state index >= 15 is 0 Å². The Balaban J connectivity index is 1.30. The van der Waals surface area contributed by atoms with Gasteiger partial charge in [-0.25, -0.2) is 0 Å². The van der Waals surface area contributed by atoms with Gasteiger partial charge in [-0.1, -0.05) is 122 Å². The van der Waals surface area contributed by atoms with Gasteiger partial charge in [-0.3, -0.25) is 0 Å². The molecule has 2 aromatic heterocycles. The zero-order valence-electron chi connectivity index (χ0n) is 27.4. The van der Waals surface area contributed by atoms with E-state index in [1.807, 2.05) is 6.08 Å². The largest absolute Gasteiger partial charge is 0.344 e. The molecule has 1 atom stereocenters. The van der Waals surface area contributed by atoms with Crippen molar-refractivity contribution in [1.82, 2.24) is 9.13 Å². The van der Waals surface area contributed by atoms with Crippen LogP contribution in [0.2, 0.25) is 0 Å². The summed E-state index contributed by atoms with van der Waals surface area (Å²) in [6.45, 7) is 12.1. The fourth-order valence-corrected chi connectivity index (χ4v) is 7.50. The van der Waals surface area contributed by atoms with Gasteiger partial charge in [0.1, 0.15) is 0 Å². The molecule has 8 rings (SSSR count). The maximum Gasteiger partial charge on any atom is 0.0558 e. The molecule has 0 radical (unpaired) electrons. The molecule has 3 nitrogen and oxygen atoms in total. The van der Waals surface area contributed by atoms with Gasteiger partial charge in [-0.2, -0.15) is 0 Å². The van der Waals surface area contributed by atoms with Crippen molar-refractivity contribution in [2.45, 2.75) is 19.8 Å². The Hall–Kier alpha value is -5.80. The molecule has 1 unspecified atom stereocenters. The van der Waals surface area contributed by atoms with Crippen LogP contribution in [0, 0.1) is 12.8 Å². The molecule has 2 heterocycles. The lowest BCUT2D eigenvalue weighted by Gasteiger charge is -2.32. The molecule has 0 saturated carbocycles. The number of allylic oxidation sites excluding steroid dienone is 8. The summed E-state index contributed by atoms with van der Waals surface area (Å²) in [6.07, 6.45) is 22.0. The average Bonchev–Trinajstić information content (AvgIpc) is 3.52. The first kappa shape index (κ1) is 29.6. The molecule has 2 aliphatic rings. The first-order valence-electron chi connectivity index (χ1n) is 16.8. The predicted molar refractivity (Wildman–Crippen MR) is 208 cm³/mol. The van der Waals surface area contributed by atoms with Crippen molar-refractivity contribution >= 4 is 61.9 Å². The van der Waals surface area contributed by atoms with Crippen LogP contribution in [-0.4, -0.2) is 15.7 Å². The number of aryl methyl sites for hydroxylation is 1.